The molecule has 0 radical (unpaired) electrons. The van der Waals surface area contributed by atoms with Gasteiger partial charge in [0.15, 0.2) is 0 Å². The van der Waals surface area contributed by atoms with Crippen molar-refractivity contribution in [3.05, 3.63) is 41.0 Å². The van der Waals surface area contributed by atoms with E-state index < -0.39 is 0 Å². The fourth-order valence-corrected chi connectivity index (χ4v) is 4.06. The van der Waals surface area contributed by atoms with Gasteiger partial charge in [-0.25, -0.2) is 0 Å². The predicted octanol–water partition coefficient (Wildman–Crippen LogP) is 3.84. The van der Waals surface area contributed by atoms with Crippen LogP contribution in [0.15, 0.2) is 29.8 Å². The number of hydrogen-bond acceptors (Lipinski definition) is 2. The number of amides is 2. The van der Waals surface area contributed by atoms with Crippen LogP contribution in [0.2, 0.25) is 0 Å². The van der Waals surface area contributed by atoms with Gasteiger partial charge in [0.1, 0.15) is 0 Å². The minimum atomic E-state index is 0.0917. The first-order valence-electron chi connectivity index (χ1n) is 9.12. The second kappa shape index (κ2) is 6.66. The van der Waals surface area contributed by atoms with E-state index in [1.165, 1.54) is 0 Å². The van der Waals surface area contributed by atoms with E-state index >= 15 is 0 Å². The van der Waals surface area contributed by atoms with Gasteiger partial charge in [-0.15, -0.1) is 0 Å². The Morgan fingerprint density at radius 1 is 1.12 bits per heavy atom. The Morgan fingerprint density at radius 2 is 1.72 bits per heavy atom. The van der Waals surface area contributed by atoms with Crippen molar-refractivity contribution in [1.82, 2.24) is 4.90 Å². The zero-order valence-corrected chi connectivity index (χ0v) is 15.7. The van der Waals surface area contributed by atoms with Crippen molar-refractivity contribution < 1.29 is 9.59 Å². The third-order valence-corrected chi connectivity index (χ3v) is 5.48. The molecule has 1 heterocycles. The summed E-state index contributed by atoms with van der Waals surface area (Å²) in [4.78, 5) is 26.7. The number of anilines is 1. The molecule has 0 bridgehead atoms. The van der Waals surface area contributed by atoms with Crippen molar-refractivity contribution >= 4 is 17.5 Å². The highest BCUT2D eigenvalue weighted by molar-refractivity contribution is 5.95. The summed E-state index contributed by atoms with van der Waals surface area (Å²) in [5.41, 5.74) is 4.35. The summed E-state index contributed by atoms with van der Waals surface area (Å²) in [6.45, 7) is 9.49. The number of carbonyl (C=O) groups is 2. The Morgan fingerprint density at radius 3 is 2.28 bits per heavy atom. The average molecular weight is 340 g/mol. The second-order valence-electron chi connectivity index (χ2n) is 8.03. The molecule has 1 aromatic carbocycles. The lowest BCUT2D eigenvalue weighted by Crippen LogP contribution is -2.39. The molecule has 3 rings (SSSR count). The molecule has 1 spiro atoms. The van der Waals surface area contributed by atoms with Crippen LogP contribution in [0, 0.1) is 25.2 Å². The van der Waals surface area contributed by atoms with Gasteiger partial charge in [-0.05, 0) is 75.6 Å². The monoisotopic (exact) mass is 340 g/mol. The molecular formula is C21H28N2O2. The van der Waals surface area contributed by atoms with Crippen molar-refractivity contribution in [2.75, 3.05) is 18.4 Å². The fourth-order valence-electron chi connectivity index (χ4n) is 4.06. The Hall–Kier alpha value is -2.10. The van der Waals surface area contributed by atoms with E-state index in [0.717, 1.165) is 54.7 Å². The van der Waals surface area contributed by atoms with Gasteiger partial charge in [-0.3, -0.25) is 9.59 Å². The van der Waals surface area contributed by atoms with Crippen LogP contribution in [0.5, 0.6) is 0 Å². The highest BCUT2D eigenvalue weighted by atomic mass is 16.2. The van der Waals surface area contributed by atoms with E-state index in [-0.39, 0.29) is 23.1 Å². The molecule has 4 heteroatoms. The topological polar surface area (TPSA) is 49.4 Å². The Balaban J connectivity index is 1.56. The molecule has 2 fully saturated rings. The van der Waals surface area contributed by atoms with Crippen LogP contribution in [0.25, 0.3) is 0 Å². The van der Waals surface area contributed by atoms with E-state index in [1.54, 1.807) is 6.08 Å². The Bertz CT molecular complexity index is 703. The molecule has 4 nitrogen and oxygen atoms in total. The molecule has 0 unspecified atom stereocenters. The SMILES string of the molecule is CC(C)=CC(=O)N1CCC2(CC1)C[C@H]2C(=O)Nc1cc(C)cc(C)c1. The molecule has 1 aliphatic carbocycles. The van der Waals surface area contributed by atoms with E-state index in [1.807, 2.05) is 44.7 Å². The quantitative estimate of drug-likeness (QED) is 0.850. The number of aryl methyl sites for hydroxylation is 2. The van der Waals surface area contributed by atoms with Crippen molar-refractivity contribution in [3.8, 4) is 0 Å². The lowest BCUT2D eigenvalue weighted by atomic mass is 9.90. The molecule has 1 aromatic rings. The summed E-state index contributed by atoms with van der Waals surface area (Å²) in [5, 5.41) is 3.09. The molecule has 1 atom stereocenters. The fraction of sp³-hybridized carbons (Fsp3) is 0.524. The molecule has 1 saturated carbocycles. The van der Waals surface area contributed by atoms with Gasteiger partial charge in [0.25, 0.3) is 0 Å². The van der Waals surface area contributed by atoms with Gasteiger partial charge in [0.2, 0.25) is 11.8 Å². The summed E-state index contributed by atoms with van der Waals surface area (Å²) in [7, 11) is 0. The number of carbonyl (C=O) groups excluding carboxylic acids is 2. The molecule has 25 heavy (non-hydrogen) atoms. The minimum absolute atomic E-state index is 0.0917. The minimum Gasteiger partial charge on any atom is -0.339 e. The first-order chi connectivity index (χ1) is 11.8. The molecule has 1 N–H and O–H groups in total. The first-order valence-corrected chi connectivity index (χ1v) is 9.12. The standard InChI is InChI=1S/C21H28N2O2/c1-14(2)9-19(24)23-7-5-21(6-8-23)13-18(21)20(25)22-17-11-15(3)10-16(4)12-17/h9-12,18H,5-8,13H2,1-4H3,(H,22,25)/t18-/m0/s1. The Kier molecular flexibility index (Phi) is 4.72. The van der Waals surface area contributed by atoms with Crippen LogP contribution in [0.4, 0.5) is 5.69 Å². The third-order valence-electron chi connectivity index (χ3n) is 5.48. The summed E-state index contributed by atoms with van der Waals surface area (Å²) >= 11 is 0. The van der Waals surface area contributed by atoms with Crippen molar-refractivity contribution in [2.45, 2.75) is 47.0 Å². The van der Waals surface area contributed by atoms with E-state index in [4.69, 9.17) is 0 Å². The smallest absolute Gasteiger partial charge is 0.246 e. The van der Waals surface area contributed by atoms with Crippen LogP contribution < -0.4 is 5.32 Å². The maximum absolute atomic E-state index is 12.6. The maximum atomic E-state index is 12.6. The zero-order chi connectivity index (χ0) is 18.2. The van der Waals surface area contributed by atoms with Crippen LogP contribution in [0.1, 0.15) is 44.2 Å². The molecule has 2 aliphatic rings. The lowest BCUT2D eigenvalue weighted by molar-refractivity contribution is -0.127. The number of nitrogens with zero attached hydrogens (tertiary/aromatic N) is 1. The predicted molar refractivity (Wildman–Crippen MR) is 100 cm³/mol. The van der Waals surface area contributed by atoms with Gasteiger partial charge in [-0.1, -0.05) is 11.6 Å². The number of hydrogen-bond donors (Lipinski definition) is 1. The van der Waals surface area contributed by atoms with Crippen molar-refractivity contribution in [2.24, 2.45) is 11.3 Å². The normalized spacial score (nSPS) is 21.0. The second-order valence-corrected chi connectivity index (χ2v) is 8.03. The number of piperidine rings is 1. The highest BCUT2D eigenvalue weighted by Crippen LogP contribution is 2.59. The van der Waals surface area contributed by atoms with Crippen molar-refractivity contribution in [3.63, 3.8) is 0 Å². The number of benzene rings is 1. The zero-order valence-electron chi connectivity index (χ0n) is 15.7. The van der Waals surface area contributed by atoms with Crippen LogP contribution >= 0.6 is 0 Å². The molecule has 1 saturated heterocycles. The number of nitrogens with one attached hydrogen (secondary N) is 1. The van der Waals surface area contributed by atoms with Gasteiger partial charge in [0, 0.05) is 30.8 Å². The molecule has 1 aliphatic heterocycles. The lowest BCUT2D eigenvalue weighted by Gasteiger charge is -2.32. The number of rotatable bonds is 3. The molecule has 134 valence electrons. The first kappa shape index (κ1) is 17.7. The number of allylic oxidation sites excluding steroid dienone is 1. The van der Waals surface area contributed by atoms with Gasteiger partial charge in [-0.2, -0.15) is 0 Å². The van der Waals surface area contributed by atoms with Crippen LogP contribution in [-0.4, -0.2) is 29.8 Å². The maximum Gasteiger partial charge on any atom is 0.246 e. The third kappa shape index (κ3) is 3.94. The van der Waals surface area contributed by atoms with Crippen LogP contribution in [0.3, 0.4) is 0 Å². The largest absolute Gasteiger partial charge is 0.339 e. The number of likely N-dealkylation sites (tertiary alicyclic amines) is 1. The molecule has 0 aromatic heterocycles. The van der Waals surface area contributed by atoms with Crippen LogP contribution in [-0.2, 0) is 9.59 Å². The molecule has 2 amide bonds. The van der Waals surface area contributed by atoms with Gasteiger partial charge < -0.3 is 10.2 Å². The van der Waals surface area contributed by atoms with E-state index in [9.17, 15) is 9.59 Å². The average Bonchev–Trinajstić information content (AvgIpc) is 3.20. The summed E-state index contributed by atoms with van der Waals surface area (Å²) in [6, 6.07) is 6.13. The van der Waals surface area contributed by atoms with Crippen molar-refractivity contribution in [1.29, 1.82) is 0 Å². The van der Waals surface area contributed by atoms with E-state index in [2.05, 4.69) is 11.4 Å². The summed E-state index contributed by atoms with van der Waals surface area (Å²) < 4.78 is 0. The van der Waals surface area contributed by atoms with Gasteiger partial charge >= 0.3 is 0 Å². The van der Waals surface area contributed by atoms with E-state index in [0.29, 0.717) is 0 Å². The molecular weight excluding hydrogens is 312 g/mol. The Labute approximate surface area is 150 Å². The summed E-state index contributed by atoms with van der Waals surface area (Å²) in [5.74, 6) is 0.329. The highest BCUT2D eigenvalue weighted by Gasteiger charge is 2.58. The summed E-state index contributed by atoms with van der Waals surface area (Å²) in [6.07, 6.45) is 4.52. The van der Waals surface area contributed by atoms with Gasteiger partial charge in [0.05, 0.1) is 0 Å².